The number of hydrogen-bond acceptors (Lipinski definition) is 1. The Hall–Kier alpha value is -0.300. The Labute approximate surface area is 181 Å². The van der Waals surface area contributed by atoms with Gasteiger partial charge in [0.2, 0.25) is 0 Å². The zero-order chi connectivity index (χ0) is 20.8. The van der Waals surface area contributed by atoms with Crippen LogP contribution in [0, 0.1) is 46.3 Å². The molecule has 0 spiro atoms. The summed E-state index contributed by atoms with van der Waals surface area (Å²) < 4.78 is 0. The molecule has 0 saturated heterocycles. The molecule has 3 fully saturated rings. The van der Waals surface area contributed by atoms with Gasteiger partial charge in [-0.2, -0.15) is 0 Å². The Kier molecular flexibility index (Phi) is 6.29. The van der Waals surface area contributed by atoms with Crippen molar-refractivity contribution in [2.24, 2.45) is 46.3 Å². The minimum absolute atomic E-state index is 0.0750. The molecule has 4 aliphatic rings. The summed E-state index contributed by atoms with van der Waals surface area (Å²) in [7, 11) is 0. The van der Waals surface area contributed by atoms with E-state index in [1.54, 1.807) is 5.57 Å². The Morgan fingerprint density at radius 3 is 2.55 bits per heavy atom. The van der Waals surface area contributed by atoms with Gasteiger partial charge in [0.15, 0.2) is 0 Å². The zero-order valence-electron chi connectivity index (χ0n) is 20.1. The predicted molar refractivity (Wildman–Crippen MR) is 124 cm³/mol. The SMILES string of the molecule is CC(C)C(C)CCCC[C@H]1CC[C@H]2[C@@H]3CC=C4C[C@@H](O)CC[C@]4(C)[C@H]3CC[C@]12C. The Bertz CT molecular complexity index is 605. The molecular weight excluding hydrogens is 352 g/mol. The lowest BCUT2D eigenvalue weighted by Gasteiger charge is -2.58. The van der Waals surface area contributed by atoms with Crippen molar-refractivity contribution < 1.29 is 5.11 Å². The van der Waals surface area contributed by atoms with Crippen LogP contribution >= 0.6 is 0 Å². The van der Waals surface area contributed by atoms with Gasteiger partial charge in [0.05, 0.1) is 6.10 Å². The molecule has 1 heteroatoms. The van der Waals surface area contributed by atoms with Crippen molar-refractivity contribution in [3.63, 3.8) is 0 Å². The van der Waals surface area contributed by atoms with Gasteiger partial charge in [-0.25, -0.2) is 0 Å². The number of rotatable bonds is 6. The number of unbranched alkanes of at least 4 members (excludes halogenated alkanes) is 1. The maximum absolute atomic E-state index is 10.2. The number of allylic oxidation sites excluding steroid dienone is 1. The number of fused-ring (bicyclic) bond motifs is 5. The molecule has 1 N–H and O–H groups in total. The summed E-state index contributed by atoms with van der Waals surface area (Å²) in [6.07, 6.45) is 18.7. The molecule has 4 rings (SSSR count). The van der Waals surface area contributed by atoms with E-state index >= 15 is 0 Å². The second-order valence-corrected chi connectivity index (χ2v) is 12.5. The molecule has 3 saturated carbocycles. The van der Waals surface area contributed by atoms with Crippen LogP contribution in [0.4, 0.5) is 0 Å². The summed E-state index contributed by atoms with van der Waals surface area (Å²) >= 11 is 0. The van der Waals surface area contributed by atoms with E-state index in [9.17, 15) is 5.11 Å². The van der Waals surface area contributed by atoms with Crippen LogP contribution in [0.3, 0.4) is 0 Å². The highest BCUT2D eigenvalue weighted by Crippen LogP contribution is 2.66. The largest absolute Gasteiger partial charge is 0.393 e. The standard InChI is InChI=1S/C28H48O/c1-19(2)20(3)8-6-7-9-21-11-13-25-24-12-10-22-18-23(29)14-16-28(22,5)26(24)15-17-27(21,25)4/h10,19-21,23-26,29H,6-9,11-18H2,1-5H3/t20?,21-,23-,24-,25-,26-,27+,28-/m0/s1. The van der Waals surface area contributed by atoms with E-state index in [0.29, 0.717) is 10.8 Å². The summed E-state index contributed by atoms with van der Waals surface area (Å²) in [5, 5.41) is 10.2. The molecule has 1 nitrogen and oxygen atoms in total. The van der Waals surface area contributed by atoms with Crippen LogP contribution in [0.15, 0.2) is 11.6 Å². The first-order chi connectivity index (χ1) is 13.8. The van der Waals surface area contributed by atoms with Gasteiger partial charge in [-0.1, -0.05) is 65.5 Å². The quantitative estimate of drug-likeness (QED) is 0.356. The molecule has 0 aromatic heterocycles. The first-order valence-electron chi connectivity index (χ1n) is 13.1. The van der Waals surface area contributed by atoms with Gasteiger partial charge in [0.1, 0.15) is 0 Å². The highest BCUT2D eigenvalue weighted by atomic mass is 16.3. The number of hydrogen-bond donors (Lipinski definition) is 1. The molecule has 0 heterocycles. The molecule has 29 heavy (non-hydrogen) atoms. The lowest BCUT2D eigenvalue weighted by molar-refractivity contribution is -0.0509. The topological polar surface area (TPSA) is 20.2 Å². The van der Waals surface area contributed by atoms with Crippen LogP contribution in [0.2, 0.25) is 0 Å². The van der Waals surface area contributed by atoms with E-state index in [1.165, 1.54) is 64.2 Å². The average molecular weight is 401 g/mol. The average Bonchev–Trinajstić information content (AvgIpc) is 3.02. The minimum atomic E-state index is -0.0750. The van der Waals surface area contributed by atoms with Crippen LogP contribution < -0.4 is 0 Å². The van der Waals surface area contributed by atoms with Gasteiger partial charge >= 0.3 is 0 Å². The fraction of sp³-hybridized carbons (Fsp3) is 0.929. The Morgan fingerprint density at radius 2 is 1.79 bits per heavy atom. The number of aliphatic hydroxyl groups is 1. The molecule has 1 unspecified atom stereocenters. The van der Waals surface area contributed by atoms with Crippen molar-refractivity contribution >= 4 is 0 Å². The number of aliphatic hydroxyl groups excluding tert-OH is 1. The van der Waals surface area contributed by atoms with Crippen molar-refractivity contribution in [3.8, 4) is 0 Å². The highest BCUT2D eigenvalue weighted by Gasteiger charge is 2.58. The third kappa shape index (κ3) is 3.88. The molecule has 0 aromatic rings. The molecule has 0 amide bonds. The second kappa shape index (κ2) is 8.33. The van der Waals surface area contributed by atoms with Crippen LogP contribution in [0.5, 0.6) is 0 Å². The van der Waals surface area contributed by atoms with Crippen molar-refractivity contribution in [1.29, 1.82) is 0 Å². The van der Waals surface area contributed by atoms with E-state index in [2.05, 4.69) is 40.7 Å². The van der Waals surface area contributed by atoms with Gasteiger partial charge in [0, 0.05) is 0 Å². The molecule has 0 bridgehead atoms. The van der Waals surface area contributed by atoms with Crippen LogP contribution in [-0.2, 0) is 0 Å². The molecule has 0 aromatic carbocycles. The third-order valence-electron chi connectivity index (χ3n) is 10.9. The summed E-state index contributed by atoms with van der Waals surface area (Å²) in [6.45, 7) is 12.4. The van der Waals surface area contributed by atoms with E-state index in [4.69, 9.17) is 0 Å². The minimum Gasteiger partial charge on any atom is -0.393 e. The van der Waals surface area contributed by atoms with Gasteiger partial charge in [0.25, 0.3) is 0 Å². The van der Waals surface area contributed by atoms with Gasteiger partial charge in [-0.3, -0.25) is 0 Å². The van der Waals surface area contributed by atoms with Gasteiger partial charge in [-0.05, 0) is 104 Å². The Balaban J connectivity index is 1.40. The maximum Gasteiger partial charge on any atom is 0.0577 e. The predicted octanol–water partition coefficient (Wildman–Crippen LogP) is 7.78. The molecule has 4 aliphatic carbocycles. The van der Waals surface area contributed by atoms with Crippen molar-refractivity contribution in [2.75, 3.05) is 0 Å². The van der Waals surface area contributed by atoms with Crippen molar-refractivity contribution in [3.05, 3.63) is 11.6 Å². The summed E-state index contributed by atoms with van der Waals surface area (Å²) in [4.78, 5) is 0. The third-order valence-corrected chi connectivity index (χ3v) is 10.9. The van der Waals surface area contributed by atoms with E-state index in [-0.39, 0.29) is 6.10 Å². The summed E-state index contributed by atoms with van der Waals surface area (Å²) in [5.74, 6) is 5.47. The first-order valence-corrected chi connectivity index (χ1v) is 13.1. The van der Waals surface area contributed by atoms with Crippen LogP contribution in [0.25, 0.3) is 0 Å². The molecule has 8 atom stereocenters. The zero-order valence-corrected chi connectivity index (χ0v) is 20.1. The normalized spacial score (nSPS) is 45.3. The fourth-order valence-electron chi connectivity index (χ4n) is 8.42. The second-order valence-electron chi connectivity index (χ2n) is 12.5. The van der Waals surface area contributed by atoms with Crippen molar-refractivity contribution in [1.82, 2.24) is 0 Å². The summed E-state index contributed by atoms with van der Waals surface area (Å²) in [6, 6.07) is 0. The lowest BCUT2D eigenvalue weighted by atomic mass is 9.47. The highest BCUT2D eigenvalue weighted by molar-refractivity contribution is 5.25. The smallest absolute Gasteiger partial charge is 0.0577 e. The fourth-order valence-corrected chi connectivity index (χ4v) is 8.42. The monoisotopic (exact) mass is 400 g/mol. The van der Waals surface area contributed by atoms with Gasteiger partial charge in [-0.15, -0.1) is 0 Å². The molecule has 0 radical (unpaired) electrons. The van der Waals surface area contributed by atoms with E-state index < -0.39 is 0 Å². The van der Waals surface area contributed by atoms with Crippen LogP contribution in [0.1, 0.15) is 112 Å². The first kappa shape index (κ1) is 21.9. The van der Waals surface area contributed by atoms with Gasteiger partial charge < -0.3 is 5.11 Å². The molecular formula is C28H48O. The Morgan fingerprint density at radius 1 is 1.00 bits per heavy atom. The van der Waals surface area contributed by atoms with E-state index in [0.717, 1.165) is 48.3 Å². The molecule has 166 valence electrons. The summed E-state index contributed by atoms with van der Waals surface area (Å²) in [5.41, 5.74) is 2.63. The lowest BCUT2D eigenvalue weighted by Crippen LogP contribution is -2.50. The maximum atomic E-state index is 10.2. The van der Waals surface area contributed by atoms with E-state index in [1.807, 2.05) is 0 Å². The van der Waals surface area contributed by atoms with Crippen molar-refractivity contribution in [2.45, 2.75) is 118 Å². The molecule has 0 aliphatic heterocycles. The van der Waals surface area contributed by atoms with Crippen LogP contribution in [-0.4, -0.2) is 11.2 Å².